The Morgan fingerprint density at radius 3 is 2.37 bits per heavy atom. The van der Waals surface area contributed by atoms with E-state index < -0.39 is 20.0 Å². The van der Waals surface area contributed by atoms with Crippen molar-refractivity contribution < 1.29 is 9.59 Å². The van der Waals surface area contributed by atoms with E-state index in [0.29, 0.717) is 5.56 Å². The Morgan fingerprint density at radius 1 is 1.11 bits per heavy atom. The summed E-state index contributed by atoms with van der Waals surface area (Å²) in [6, 6.07) is 12.4. The number of nitrogens with two attached hydrogens (primary N) is 1. The van der Waals surface area contributed by atoms with Crippen molar-refractivity contribution in [2.45, 2.75) is 51.4 Å². The zero-order valence-corrected chi connectivity index (χ0v) is 17.7. The zero-order valence-electron chi connectivity index (χ0n) is 16.7. The standard InChI is InChI=1S/C22H28N2O2Si/c1-22(2,3)27(4,5)15-9-14-19(20(23)25)24-21(26)18-13-8-11-16-10-6-7-12-17(16)18/h6-8,10-13,19H,14H2,1-5H3,(H2,23,25)(H,24,26)/t19-/m1/s1. The molecular formula is C22H28N2O2Si. The van der Waals surface area contributed by atoms with Crippen molar-refractivity contribution in [1.29, 1.82) is 0 Å². The van der Waals surface area contributed by atoms with Gasteiger partial charge in [-0.25, -0.2) is 0 Å². The van der Waals surface area contributed by atoms with Crippen LogP contribution in [0.4, 0.5) is 0 Å². The van der Waals surface area contributed by atoms with Crippen molar-refractivity contribution in [2.24, 2.45) is 5.73 Å². The Morgan fingerprint density at radius 2 is 1.74 bits per heavy atom. The Bertz CT molecular complexity index is 912. The largest absolute Gasteiger partial charge is 0.368 e. The minimum absolute atomic E-state index is 0.133. The minimum Gasteiger partial charge on any atom is -0.368 e. The number of primary amides is 1. The first-order valence-corrected chi connectivity index (χ1v) is 12.1. The van der Waals surface area contributed by atoms with Crippen molar-refractivity contribution in [3.05, 3.63) is 48.0 Å². The number of carbonyl (C=O) groups is 2. The molecule has 3 N–H and O–H groups in total. The van der Waals surface area contributed by atoms with Gasteiger partial charge in [0.2, 0.25) is 5.91 Å². The number of hydrogen-bond acceptors (Lipinski definition) is 2. The van der Waals surface area contributed by atoms with Crippen LogP contribution in [0.1, 0.15) is 37.6 Å². The summed E-state index contributed by atoms with van der Waals surface area (Å²) in [4.78, 5) is 24.6. The average molecular weight is 381 g/mol. The molecule has 5 heteroatoms. The fourth-order valence-electron chi connectivity index (χ4n) is 2.44. The maximum Gasteiger partial charge on any atom is 0.252 e. The second-order valence-electron chi connectivity index (χ2n) is 8.34. The normalized spacial score (nSPS) is 12.8. The predicted molar refractivity (Wildman–Crippen MR) is 114 cm³/mol. The molecule has 0 fully saturated rings. The number of nitrogens with one attached hydrogen (secondary N) is 1. The van der Waals surface area contributed by atoms with Gasteiger partial charge >= 0.3 is 0 Å². The van der Waals surface area contributed by atoms with E-state index in [0.717, 1.165) is 10.8 Å². The number of hydrogen-bond donors (Lipinski definition) is 2. The lowest BCUT2D eigenvalue weighted by molar-refractivity contribution is -0.119. The number of benzene rings is 2. The monoisotopic (exact) mass is 380 g/mol. The molecule has 4 nitrogen and oxygen atoms in total. The Kier molecular flexibility index (Phi) is 6.12. The first-order chi connectivity index (χ1) is 12.5. The topological polar surface area (TPSA) is 72.2 Å². The molecule has 0 radical (unpaired) electrons. The van der Waals surface area contributed by atoms with E-state index in [1.54, 1.807) is 6.07 Å². The molecule has 0 heterocycles. The highest BCUT2D eigenvalue weighted by Crippen LogP contribution is 2.35. The van der Waals surface area contributed by atoms with Crippen LogP contribution in [0.15, 0.2) is 42.5 Å². The molecular weight excluding hydrogens is 352 g/mol. The molecule has 1 atom stereocenters. The quantitative estimate of drug-likeness (QED) is 0.624. The molecule has 0 aliphatic heterocycles. The highest BCUT2D eigenvalue weighted by atomic mass is 28.3. The van der Waals surface area contributed by atoms with E-state index in [1.807, 2.05) is 36.4 Å². The van der Waals surface area contributed by atoms with Gasteiger partial charge in [0.25, 0.3) is 5.91 Å². The van der Waals surface area contributed by atoms with Crippen molar-refractivity contribution in [1.82, 2.24) is 5.32 Å². The average Bonchev–Trinajstić information content (AvgIpc) is 2.59. The lowest BCUT2D eigenvalue weighted by atomic mass is 10.0. The number of amides is 2. The molecule has 0 aliphatic rings. The molecule has 2 rings (SSSR count). The SMILES string of the molecule is CC(C)(C)[Si](C)(C)C#CC[C@@H](NC(=O)c1cccc2ccccc12)C(N)=O. The molecule has 0 bridgehead atoms. The van der Waals surface area contributed by atoms with Gasteiger partial charge in [-0.15, -0.1) is 11.5 Å². The van der Waals surface area contributed by atoms with Crippen LogP contribution in [0.5, 0.6) is 0 Å². The van der Waals surface area contributed by atoms with E-state index in [2.05, 4.69) is 50.6 Å². The Balaban J connectivity index is 2.19. The summed E-state index contributed by atoms with van der Waals surface area (Å²) in [6.45, 7) is 11.0. The number of rotatable bonds is 4. The van der Waals surface area contributed by atoms with Gasteiger partial charge in [0.1, 0.15) is 14.1 Å². The summed E-state index contributed by atoms with van der Waals surface area (Å²) in [5.41, 5.74) is 9.38. The van der Waals surface area contributed by atoms with E-state index in [-0.39, 0.29) is 17.4 Å². The second kappa shape index (κ2) is 7.97. The molecule has 142 valence electrons. The third-order valence-corrected chi connectivity index (χ3v) is 9.82. The van der Waals surface area contributed by atoms with Crippen LogP contribution in [-0.2, 0) is 4.79 Å². The summed E-state index contributed by atoms with van der Waals surface area (Å²) >= 11 is 0. The first-order valence-electron chi connectivity index (χ1n) is 9.11. The van der Waals surface area contributed by atoms with Crippen LogP contribution in [0.25, 0.3) is 10.8 Å². The van der Waals surface area contributed by atoms with Gasteiger partial charge in [-0.05, 0) is 21.9 Å². The van der Waals surface area contributed by atoms with Gasteiger partial charge in [0.05, 0.1) is 0 Å². The van der Waals surface area contributed by atoms with Crippen LogP contribution in [0, 0.1) is 11.5 Å². The number of carbonyl (C=O) groups excluding carboxylic acids is 2. The molecule has 2 aromatic rings. The molecule has 0 spiro atoms. The van der Waals surface area contributed by atoms with Gasteiger partial charge in [0.15, 0.2) is 0 Å². The summed E-state index contributed by atoms with van der Waals surface area (Å²) in [5, 5.41) is 4.69. The zero-order chi connectivity index (χ0) is 20.2. The van der Waals surface area contributed by atoms with Crippen molar-refractivity contribution in [2.75, 3.05) is 0 Å². The van der Waals surface area contributed by atoms with E-state index in [9.17, 15) is 9.59 Å². The molecule has 0 aliphatic carbocycles. The fraction of sp³-hybridized carbons (Fsp3) is 0.364. The van der Waals surface area contributed by atoms with Crippen LogP contribution >= 0.6 is 0 Å². The van der Waals surface area contributed by atoms with Crippen LogP contribution < -0.4 is 11.1 Å². The maximum absolute atomic E-state index is 12.7. The van der Waals surface area contributed by atoms with E-state index in [1.165, 1.54) is 0 Å². The Labute approximate surface area is 162 Å². The van der Waals surface area contributed by atoms with Gasteiger partial charge in [-0.2, -0.15) is 0 Å². The van der Waals surface area contributed by atoms with Crippen LogP contribution in [-0.4, -0.2) is 25.9 Å². The summed E-state index contributed by atoms with van der Waals surface area (Å²) in [6.07, 6.45) is 0.221. The van der Waals surface area contributed by atoms with Gasteiger partial charge in [-0.3, -0.25) is 9.59 Å². The predicted octanol–water partition coefficient (Wildman–Crippen LogP) is 3.86. The molecule has 2 aromatic carbocycles. The molecule has 0 saturated heterocycles. The third kappa shape index (κ3) is 4.99. The van der Waals surface area contributed by atoms with Crippen LogP contribution in [0.2, 0.25) is 18.1 Å². The molecule has 2 amide bonds. The second-order valence-corrected chi connectivity index (χ2v) is 13.3. The lowest BCUT2D eigenvalue weighted by Gasteiger charge is -2.31. The van der Waals surface area contributed by atoms with Gasteiger partial charge in [-0.1, -0.05) is 70.3 Å². The van der Waals surface area contributed by atoms with Crippen molar-refractivity contribution >= 4 is 30.7 Å². The minimum atomic E-state index is -1.77. The van der Waals surface area contributed by atoms with Gasteiger partial charge < -0.3 is 11.1 Å². The molecule has 0 unspecified atom stereocenters. The van der Waals surface area contributed by atoms with E-state index in [4.69, 9.17) is 5.73 Å². The summed E-state index contributed by atoms with van der Waals surface area (Å²) < 4.78 is 0. The van der Waals surface area contributed by atoms with Gasteiger partial charge in [0, 0.05) is 12.0 Å². The van der Waals surface area contributed by atoms with Crippen molar-refractivity contribution in [3.8, 4) is 11.5 Å². The Hall–Kier alpha value is -2.58. The smallest absolute Gasteiger partial charge is 0.252 e. The molecule has 0 aromatic heterocycles. The summed E-state index contributed by atoms with van der Waals surface area (Å²) in [7, 11) is -1.77. The molecule has 27 heavy (non-hydrogen) atoms. The highest BCUT2D eigenvalue weighted by Gasteiger charge is 2.33. The van der Waals surface area contributed by atoms with Crippen LogP contribution in [0.3, 0.4) is 0 Å². The first kappa shape index (κ1) is 20.7. The maximum atomic E-state index is 12.7. The fourth-order valence-corrected chi connectivity index (χ4v) is 3.36. The lowest BCUT2D eigenvalue weighted by Crippen LogP contribution is -2.44. The van der Waals surface area contributed by atoms with Crippen molar-refractivity contribution in [3.63, 3.8) is 0 Å². The third-order valence-electron chi connectivity index (χ3n) is 5.27. The summed E-state index contributed by atoms with van der Waals surface area (Å²) in [5.74, 6) is 2.21. The van der Waals surface area contributed by atoms with E-state index >= 15 is 0 Å². The molecule has 0 saturated carbocycles. The number of fused-ring (bicyclic) bond motifs is 1. The highest BCUT2D eigenvalue weighted by molar-refractivity contribution is 6.87.